The lowest BCUT2D eigenvalue weighted by Crippen LogP contribution is -2.26. The van der Waals surface area contributed by atoms with Crippen molar-refractivity contribution in [3.05, 3.63) is 72.2 Å². The Kier molecular flexibility index (Phi) is 3.21. The molecule has 4 heteroatoms. The Balaban J connectivity index is 1.79. The molecule has 0 aliphatic rings. The highest BCUT2D eigenvalue weighted by molar-refractivity contribution is 5.93. The van der Waals surface area contributed by atoms with Gasteiger partial charge in [0.1, 0.15) is 11.3 Å². The largest absolute Gasteiger partial charge is 0.344 e. The van der Waals surface area contributed by atoms with E-state index in [0.29, 0.717) is 5.69 Å². The van der Waals surface area contributed by atoms with Crippen molar-refractivity contribution in [2.45, 2.75) is 13.0 Å². The molecule has 1 N–H and O–H groups in total. The van der Waals surface area contributed by atoms with Crippen LogP contribution in [-0.2, 0) is 0 Å². The number of carbonyl (C=O) groups excluding carboxylic acids is 1. The van der Waals surface area contributed by atoms with Crippen molar-refractivity contribution in [3.8, 4) is 0 Å². The standard InChI is InChI=1S/C16H15N3O/c1-12(13-7-3-2-4-8-13)17-16(20)14-11-19-10-6-5-9-15(19)18-14/h2-12H,1H3,(H,17,20)/t12-/m0/s1. The third kappa shape index (κ3) is 2.40. The quantitative estimate of drug-likeness (QED) is 0.791. The number of imidazole rings is 1. The van der Waals surface area contributed by atoms with Crippen molar-refractivity contribution in [1.82, 2.24) is 14.7 Å². The van der Waals surface area contributed by atoms with Gasteiger partial charge in [-0.2, -0.15) is 0 Å². The summed E-state index contributed by atoms with van der Waals surface area (Å²) in [5.74, 6) is -0.162. The molecule has 1 aromatic carbocycles. The van der Waals surface area contributed by atoms with E-state index >= 15 is 0 Å². The zero-order valence-electron chi connectivity index (χ0n) is 11.2. The van der Waals surface area contributed by atoms with Gasteiger partial charge >= 0.3 is 0 Å². The summed E-state index contributed by atoms with van der Waals surface area (Å²) in [7, 11) is 0. The predicted molar refractivity (Wildman–Crippen MR) is 77.5 cm³/mol. The second-order valence-electron chi connectivity index (χ2n) is 4.70. The van der Waals surface area contributed by atoms with Crippen molar-refractivity contribution >= 4 is 11.6 Å². The number of amides is 1. The van der Waals surface area contributed by atoms with Crippen LogP contribution in [0.4, 0.5) is 0 Å². The molecule has 20 heavy (non-hydrogen) atoms. The molecular formula is C16H15N3O. The van der Waals surface area contributed by atoms with E-state index in [4.69, 9.17) is 0 Å². The molecule has 1 amide bonds. The number of pyridine rings is 1. The van der Waals surface area contributed by atoms with Gasteiger partial charge in [0, 0.05) is 12.4 Å². The number of aromatic nitrogens is 2. The average Bonchev–Trinajstić information content (AvgIpc) is 2.92. The number of nitrogens with one attached hydrogen (secondary N) is 1. The summed E-state index contributed by atoms with van der Waals surface area (Å²) in [5, 5.41) is 2.96. The Morgan fingerprint density at radius 2 is 1.90 bits per heavy atom. The predicted octanol–water partition coefficient (Wildman–Crippen LogP) is 2.83. The van der Waals surface area contributed by atoms with Crippen molar-refractivity contribution in [2.75, 3.05) is 0 Å². The monoisotopic (exact) mass is 265 g/mol. The SMILES string of the molecule is C[C@H](NC(=O)c1cn2ccccc2n1)c1ccccc1. The van der Waals surface area contributed by atoms with Gasteiger partial charge in [-0.1, -0.05) is 36.4 Å². The number of fused-ring (bicyclic) bond motifs is 1. The molecule has 0 bridgehead atoms. The van der Waals surface area contributed by atoms with Crippen molar-refractivity contribution in [1.29, 1.82) is 0 Å². The van der Waals surface area contributed by atoms with E-state index in [1.165, 1.54) is 0 Å². The van der Waals surface area contributed by atoms with Crippen LogP contribution in [0.25, 0.3) is 5.65 Å². The molecule has 0 spiro atoms. The molecule has 3 aromatic rings. The molecule has 2 heterocycles. The van der Waals surface area contributed by atoms with Crippen LogP contribution in [0.5, 0.6) is 0 Å². The molecule has 2 aromatic heterocycles. The molecule has 0 unspecified atom stereocenters. The molecule has 0 radical (unpaired) electrons. The number of hydrogen-bond donors (Lipinski definition) is 1. The fourth-order valence-electron chi connectivity index (χ4n) is 2.14. The number of nitrogens with zero attached hydrogens (tertiary/aromatic N) is 2. The smallest absolute Gasteiger partial charge is 0.271 e. The Morgan fingerprint density at radius 1 is 1.15 bits per heavy atom. The van der Waals surface area contributed by atoms with E-state index in [0.717, 1.165) is 11.2 Å². The molecule has 100 valence electrons. The summed E-state index contributed by atoms with van der Waals surface area (Å²) in [4.78, 5) is 16.5. The minimum Gasteiger partial charge on any atom is -0.344 e. The Morgan fingerprint density at radius 3 is 2.65 bits per heavy atom. The highest BCUT2D eigenvalue weighted by Crippen LogP contribution is 2.12. The summed E-state index contributed by atoms with van der Waals surface area (Å²) >= 11 is 0. The molecule has 1 atom stereocenters. The lowest BCUT2D eigenvalue weighted by Gasteiger charge is -2.12. The third-order valence-corrected chi connectivity index (χ3v) is 3.24. The lowest BCUT2D eigenvalue weighted by molar-refractivity contribution is 0.0935. The van der Waals surface area contributed by atoms with Gasteiger partial charge in [-0.15, -0.1) is 0 Å². The summed E-state index contributed by atoms with van der Waals surface area (Å²) in [6, 6.07) is 15.5. The molecule has 4 nitrogen and oxygen atoms in total. The van der Waals surface area contributed by atoms with Gasteiger partial charge in [0.05, 0.1) is 6.04 Å². The van der Waals surface area contributed by atoms with Gasteiger partial charge in [0.15, 0.2) is 0 Å². The van der Waals surface area contributed by atoms with E-state index < -0.39 is 0 Å². The number of benzene rings is 1. The first-order valence-corrected chi connectivity index (χ1v) is 6.53. The highest BCUT2D eigenvalue weighted by Gasteiger charge is 2.14. The minimum atomic E-state index is -0.162. The van der Waals surface area contributed by atoms with Crippen LogP contribution in [0, 0.1) is 0 Å². The Bertz CT molecular complexity index is 701. The van der Waals surface area contributed by atoms with E-state index in [1.54, 1.807) is 6.20 Å². The van der Waals surface area contributed by atoms with E-state index in [-0.39, 0.29) is 11.9 Å². The first kappa shape index (κ1) is 12.4. The van der Waals surface area contributed by atoms with Crippen molar-refractivity contribution in [3.63, 3.8) is 0 Å². The van der Waals surface area contributed by atoms with Crippen LogP contribution in [0.1, 0.15) is 29.0 Å². The molecule has 3 rings (SSSR count). The van der Waals surface area contributed by atoms with Gasteiger partial charge in [-0.25, -0.2) is 4.98 Å². The minimum absolute atomic E-state index is 0.0477. The molecule has 0 aliphatic carbocycles. The topological polar surface area (TPSA) is 46.4 Å². The van der Waals surface area contributed by atoms with Crippen LogP contribution in [0.3, 0.4) is 0 Å². The Hall–Kier alpha value is -2.62. The molecule has 0 aliphatic heterocycles. The van der Waals surface area contributed by atoms with Gasteiger partial charge in [0.25, 0.3) is 5.91 Å². The van der Waals surface area contributed by atoms with Crippen LogP contribution in [-0.4, -0.2) is 15.3 Å². The number of carbonyl (C=O) groups is 1. The maximum Gasteiger partial charge on any atom is 0.271 e. The zero-order chi connectivity index (χ0) is 13.9. The van der Waals surface area contributed by atoms with Crippen LogP contribution in [0.15, 0.2) is 60.9 Å². The Labute approximate surface area is 117 Å². The van der Waals surface area contributed by atoms with Crippen LogP contribution >= 0.6 is 0 Å². The van der Waals surface area contributed by atoms with E-state index in [1.807, 2.05) is 66.1 Å². The molecule has 0 fully saturated rings. The second kappa shape index (κ2) is 5.17. The fraction of sp³-hybridized carbons (Fsp3) is 0.125. The second-order valence-corrected chi connectivity index (χ2v) is 4.70. The number of rotatable bonds is 3. The van der Waals surface area contributed by atoms with Crippen LogP contribution in [0.2, 0.25) is 0 Å². The highest BCUT2D eigenvalue weighted by atomic mass is 16.1. The van der Waals surface area contributed by atoms with Gasteiger partial charge in [0.2, 0.25) is 0 Å². The van der Waals surface area contributed by atoms with Gasteiger partial charge in [-0.3, -0.25) is 4.79 Å². The summed E-state index contributed by atoms with van der Waals surface area (Å²) < 4.78 is 1.84. The summed E-state index contributed by atoms with van der Waals surface area (Å²) in [6.45, 7) is 1.96. The van der Waals surface area contributed by atoms with Crippen molar-refractivity contribution < 1.29 is 4.79 Å². The van der Waals surface area contributed by atoms with E-state index in [9.17, 15) is 4.79 Å². The average molecular weight is 265 g/mol. The summed E-state index contributed by atoms with van der Waals surface area (Å²) in [5.41, 5.74) is 2.27. The maximum absolute atomic E-state index is 12.2. The number of hydrogen-bond acceptors (Lipinski definition) is 2. The fourth-order valence-corrected chi connectivity index (χ4v) is 2.14. The maximum atomic E-state index is 12.2. The lowest BCUT2D eigenvalue weighted by atomic mass is 10.1. The third-order valence-electron chi connectivity index (χ3n) is 3.24. The summed E-state index contributed by atoms with van der Waals surface area (Å²) in [6.07, 6.45) is 3.61. The van der Waals surface area contributed by atoms with Crippen molar-refractivity contribution in [2.24, 2.45) is 0 Å². The van der Waals surface area contributed by atoms with Crippen LogP contribution < -0.4 is 5.32 Å². The first-order valence-electron chi connectivity index (χ1n) is 6.53. The zero-order valence-corrected chi connectivity index (χ0v) is 11.2. The van der Waals surface area contributed by atoms with Gasteiger partial charge in [-0.05, 0) is 24.6 Å². The van der Waals surface area contributed by atoms with E-state index in [2.05, 4.69) is 10.3 Å². The molecular weight excluding hydrogens is 250 g/mol. The normalized spacial score (nSPS) is 12.2. The van der Waals surface area contributed by atoms with Gasteiger partial charge < -0.3 is 9.72 Å². The first-order chi connectivity index (χ1) is 9.74. The molecule has 0 saturated heterocycles. The molecule has 0 saturated carbocycles.